The van der Waals surface area contributed by atoms with Gasteiger partial charge in [-0.3, -0.25) is 4.98 Å². The van der Waals surface area contributed by atoms with Crippen LogP contribution in [-0.2, 0) is 6.42 Å². The van der Waals surface area contributed by atoms with Gasteiger partial charge >= 0.3 is 0 Å². The topological polar surface area (TPSA) is 46.3 Å². The van der Waals surface area contributed by atoms with Crippen LogP contribution in [0.15, 0.2) is 41.1 Å². The molecule has 3 atom stereocenters. The highest BCUT2D eigenvalue weighted by atomic mass is 16.4. The zero-order valence-corrected chi connectivity index (χ0v) is 10.4. The Morgan fingerprint density at radius 2 is 2.06 bits per heavy atom. The molecule has 1 aliphatic carbocycles. The number of pyridine rings is 1. The standard InChI is InChI=1S/C15H17NO2/c1-10-8-12(10)14-2-3-15(18-14)13(17)9-11-4-6-16-7-5-11/h2-7,10,12-13,17H,8-9H2,1H3. The second kappa shape index (κ2) is 4.58. The molecular formula is C15H17NO2. The Morgan fingerprint density at radius 3 is 2.72 bits per heavy atom. The van der Waals surface area contributed by atoms with Crippen LogP contribution in [0.2, 0.25) is 0 Å². The molecule has 2 aromatic heterocycles. The zero-order valence-electron chi connectivity index (χ0n) is 10.4. The van der Waals surface area contributed by atoms with E-state index in [1.54, 1.807) is 12.4 Å². The highest BCUT2D eigenvalue weighted by Crippen LogP contribution is 2.47. The van der Waals surface area contributed by atoms with E-state index in [2.05, 4.69) is 11.9 Å². The molecule has 1 saturated carbocycles. The molecule has 0 aromatic carbocycles. The normalized spacial score (nSPS) is 23.9. The van der Waals surface area contributed by atoms with E-state index in [1.165, 1.54) is 6.42 Å². The maximum atomic E-state index is 10.1. The van der Waals surface area contributed by atoms with E-state index >= 15 is 0 Å². The third-order valence-corrected chi connectivity index (χ3v) is 3.63. The smallest absolute Gasteiger partial charge is 0.133 e. The van der Waals surface area contributed by atoms with E-state index < -0.39 is 6.10 Å². The maximum Gasteiger partial charge on any atom is 0.133 e. The predicted octanol–water partition coefficient (Wildman–Crippen LogP) is 3.07. The summed E-state index contributed by atoms with van der Waals surface area (Å²) in [7, 11) is 0. The van der Waals surface area contributed by atoms with E-state index in [1.807, 2.05) is 24.3 Å². The summed E-state index contributed by atoms with van der Waals surface area (Å²) in [5.74, 6) is 2.97. The fraction of sp³-hybridized carbons (Fsp3) is 0.400. The zero-order chi connectivity index (χ0) is 12.5. The van der Waals surface area contributed by atoms with E-state index in [-0.39, 0.29) is 0 Å². The number of nitrogens with zero attached hydrogens (tertiary/aromatic N) is 1. The van der Waals surface area contributed by atoms with Crippen LogP contribution >= 0.6 is 0 Å². The Labute approximate surface area is 106 Å². The van der Waals surface area contributed by atoms with Crippen LogP contribution in [-0.4, -0.2) is 10.1 Å². The lowest BCUT2D eigenvalue weighted by molar-refractivity contribution is 0.148. The molecule has 2 aromatic rings. The monoisotopic (exact) mass is 243 g/mol. The molecule has 2 heterocycles. The van der Waals surface area contributed by atoms with Crippen molar-refractivity contribution < 1.29 is 9.52 Å². The summed E-state index contributed by atoms with van der Waals surface area (Å²) in [4.78, 5) is 3.96. The number of rotatable bonds is 4. The van der Waals surface area contributed by atoms with Gasteiger partial charge in [-0.15, -0.1) is 0 Å². The molecule has 0 spiro atoms. The molecular weight excluding hydrogens is 226 g/mol. The molecule has 94 valence electrons. The van der Waals surface area contributed by atoms with Gasteiger partial charge in [0, 0.05) is 24.7 Å². The molecule has 3 heteroatoms. The lowest BCUT2D eigenvalue weighted by Gasteiger charge is -2.07. The lowest BCUT2D eigenvalue weighted by Crippen LogP contribution is -2.00. The Hall–Kier alpha value is -1.61. The van der Waals surface area contributed by atoms with Crippen LogP contribution < -0.4 is 0 Å². The minimum Gasteiger partial charge on any atom is -0.463 e. The lowest BCUT2D eigenvalue weighted by atomic mass is 10.1. The van der Waals surface area contributed by atoms with Crippen molar-refractivity contribution in [2.24, 2.45) is 5.92 Å². The van der Waals surface area contributed by atoms with Gasteiger partial charge in [-0.25, -0.2) is 0 Å². The van der Waals surface area contributed by atoms with Crippen molar-refractivity contribution >= 4 is 0 Å². The van der Waals surface area contributed by atoms with Gasteiger partial charge in [-0.1, -0.05) is 6.92 Å². The number of furan rings is 1. The number of aliphatic hydroxyl groups excluding tert-OH is 1. The number of hydrogen-bond donors (Lipinski definition) is 1. The first-order chi connectivity index (χ1) is 8.74. The van der Waals surface area contributed by atoms with E-state index in [4.69, 9.17) is 4.42 Å². The van der Waals surface area contributed by atoms with Crippen LogP contribution in [0.3, 0.4) is 0 Å². The van der Waals surface area contributed by atoms with Gasteiger partial charge in [-0.2, -0.15) is 0 Å². The summed E-state index contributed by atoms with van der Waals surface area (Å²) in [6.45, 7) is 2.22. The quantitative estimate of drug-likeness (QED) is 0.897. The molecule has 1 fully saturated rings. The Balaban J connectivity index is 1.69. The molecule has 0 bridgehead atoms. The SMILES string of the molecule is CC1CC1c1ccc(C(O)Cc2ccncc2)o1. The van der Waals surface area contributed by atoms with Crippen molar-refractivity contribution in [3.63, 3.8) is 0 Å². The first-order valence-corrected chi connectivity index (χ1v) is 6.40. The molecule has 1 aliphatic rings. The summed E-state index contributed by atoms with van der Waals surface area (Å²) in [5, 5.41) is 10.1. The Bertz CT molecular complexity index is 520. The van der Waals surface area contributed by atoms with Crippen LogP contribution in [0.5, 0.6) is 0 Å². The van der Waals surface area contributed by atoms with Crippen molar-refractivity contribution in [2.75, 3.05) is 0 Å². The molecule has 0 amide bonds. The van der Waals surface area contributed by atoms with Gasteiger partial charge < -0.3 is 9.52 Å². The van der Waals surface area contributed by atoms with Crippen molar-refractivity contribution in [2.45, 2.75) is 31.8 Å². The van der Waals surface area contributed by atoms with E-state index in [0.717, 1.165) is 17.2 Å². The highest BCUT2D eigenvalue weighted by Gasteiger charge is 2.36. The molecule has 3 unspecified atom stereocenters. The fourth-order valence-corrected chi connectivity index (χ4v) is 2.31. The molecule has 1 N–H and O–H groups in total. The van der Waals surface area contributed by atoms with Gasteiger partial charge in [0.15, 0.2) is 0 Å². The van der Waals surface area contributed by atoms with Gasteiger partial charge in [0.2, 0.25) is 0 Å². The predicted molar refractivity (Wildman–Crippen MR) is 68.1 cm³/mol. The summed E-state index contributed by atoms with van der Waals surface area (Å²) < 4.78 is 5.75. The largest absolute Gasteiger partial charge is 0.463 e. The second-order valence-electron chi connectivity index (χ2n) is 5.13. The number of aromatic nitrogens is 1. The van der Waals surface area contributed by atoms with Crippen molar-refractivity contribution in [3.05, 3.63) is 53.7 Å². The second-order valence-corrected chi connectivity index (χ2v) is 5.13. The molecule has 3 rings (SSSR count). The van der Waals surface area contributed by atoms with Gasteiger partial charge in [-0.05, 0) is 42.2 Å². The number of hydrogen-bond acceptors (Lipinski definition) is 3. The van der Waals surface area contributed by atoms with E-state index in [0.29, 0.717) is 18.1 Å². The van der Waals surface area contributed by atoms with Gasteiger partial charge in [0.05, 0.1) is 0 Å². The van der Waals surface area contributed by atoms with Crippen LogP contribution in [0, 0.1) is 5.92 Å². The average Bonchev–Trinajstić information content (AvgIpc) is 2.93. The van der Waals surface area contributed by atoms with Crippen LogP contribution in [0.4, 0.5) is 0 Å². The average molecular weight is 243 g/mol. The van der Waals surface area contributed by atoms with Crippen LogP contribution in [0.1, 0.15) is 42.5 Å². The molecule has 3 nitrogen and oxygen atoms in total. The summed E-state index contributed by atoms with van der Waals surface area (Å²) >= 11 is 0. The molecule has 0 radical (unpaired) electrons. The third kappa shape index (κ3) is 2.31. The van der Waals surface area contributed by atoms with Gasteiger partial charge in [0.1, 0.15) is 17.6 Å². The van der Waals surface area contributed by atoms with Crippen molar-refractivity contribution in [1.29, 1.82) is 0 Å². The Kier molecular flexibility index (Phi) is 2.92. The number of aliphatic hydroxyl groups is 1. The first kappa shape index (κ1) is 11.5. The fourth-order valence-electron chi connectivity index (χ4n) is 2.31. The van der Waals surface area contributed by atoms with Crippen molar-refractivity contribution in [3.8, 4) is 0 Å². The maximum absolute atomic E-state index is 10.1. The van der Waals surface area contributed by atoms with Gasteiger partial charge in [0.25, 0.3) is 0 Å². The first-order valence-electron chi connectivity index (χ1n) is 6.40. The van der Waals surface area contributed by atoms with Crippen molar-refractivity contribution in [1.82, 2.24) is 4.98 Å². The Morgan fingerprint density at radius 1 is 1.33 bits per heavy atom. The molecule has 0 saturated heterocycles. The summed E-state index contributed by atoms with van der Waals surface area (Å²) in [5.41, 5.74) is 1.07. The minimum atomic E-state index is -0.574. The summed E-state index contributed by atoms with van der Waals surface area (Å²) in [6, 6.07) is 7.72. The molecule has 0 aliphatic heterocycles. The minimum absolute atomic E-state index is 0.562. The third-order valence-electron chi connectivity index (χ3n) is 3.63. The highest BCUT2D eigenvalue weighted by molar-refractivity contribution is 5.20. The van der Waals surface area contributed by atoms with Crippen LogP contribution in [0.25, 0.3) is 0 Å². The van der Waals surface area contributed by atoms with E-state index in [9.17, 15) is 5.11 Å². The molecule has 18 heavy (non-hydrogen) atoms. The summed E-state index contributed by atoms with van der Waals surface area (Å²) in [6.07, 6.45) is 4.67.